The van der Waals surface area contributed by atoms with Crippen LogP contribution in [0.15, 0.2) is 46.6 Å². The summed E-state index contributed by atoms with van der Waals surface area (Å²) in [5, 5.41) is 7.10. The molecular formula is C14H14F3N5. The van der Waals surface area contributed by atoms with Crippen LogP contribution in [0.25, 0.3) is 11.3 Å². The summed E-state index contributed by atoms with van der Waals surface area (Å²) in [4.78, 5) is 0. The van der Waals surface area contributed by atoms with E-state index < -0.39 is 11.7 Å². The van der Waals surface area contributed by atoms with Crippen LogP contribution >= 0.6 is 0 Å². The van der Waals surface area contributed by atoms with Crippen LogP contribution in [-0.4, -0.2) is 16.7 Å². The first-order valence-electron chi connectivity index (χ1n) is 6.25. The number of rotatable bonds is 3. The van der Waals surface area contributed by atoms with E-state index in [2.05, 4.69) is 10.2 Å². The summed E-state index contributed by atoms with van der Waals surface area (Å²) in [6.07, 6.45) is -3.06. The van der Waals surface area contributed by atoms with Crippen molar-refractivity contribution in [1.29, 1.82) is 0 Å². The summed E-state index contributed by atoms with van der Waals surface area (Å²) >= 11 is 0. The fourth-order valence-corrected chi connectivity index (χ4v) is 2.04. The predicted molar refractivity (Wildman–Crippen MR) is 79.3 cm³/mol. The number of hydrogen-bond acceptors (Lipinski definition) is 2. The molecule has 2 rings (SSSR count). The molecule has 4 N–H and O–H groups in total. The van der Waals surface area contributed by atoms with Gasteiger partial charge in [0.1, 0.15) is 0 Å². The molecule has 0 saturated heterocycles. The van der Waals surface area contributed by atoms with Crippen molar-refractivity contribution in [3.05, 3.63) is 47.7 Å². The van der Waals surface area contributed by atoms with Crippen LogP contribution in [0.5, 0.6) is 0 Å². The summed E-state index contributed by atoms with van der Waals surface area (Å²) in [6, 6.07) is 8.61. The molecule has 5 nitrogen and oxygen atoms in total. The molecule has 0 amide bonds. The molecule has 22 heavy (non-hydrogen) atoms. The second-order valence-electron chi connectivity index (χ2n) is 4.52. The summed E-state index contributed by atoms with van der Waals surface area (Å²) in [7, 11) is 1.64. The third-order valence-corrected chi connectivity index (χ3v) is 3.03. The van der Waals surface area contributed by atoms with Crippen LogP contribution < -0.4 is 11.5 Å². The quantitative estimate of drug-likeness (QED) is 0.518. The first-order chi connectivity index (χ1) is 10.3. The number of guanidine groups is 1. The number of nitrogens with two attached hydrogens (primary N) is 2. The van der Waals surface area contributed by atoms with E-state index in [4.69, 9.17) is 11.5 Å². The fraction of sp³-hybridized carbons (Fsp3) is 0.143. The van der Waals surface area contributed by atoms with Gasteiger partial charge in [0.15, 0.2) is 0 Å². The summed E-state index contributed by atoms with van der Waals surface area (Å²) in [5.41, 5.74) is 10.7. The summed E-state index contributed by atoms with van der Waals surface area (Å²) in [6.45, 7) is 0. The highest BCUT2D eigenvalue weighted by Crippen LogP contribution is 2.37. The molecule has 0 atom stereocenters. The Kier molecular flexibility index (Phi) is 4.20. The molecule has 2 aromatic rings. The molecule has 1 heterocycles. The molecule has 0 unspecified atom stereocenters. The minimum atomic E-state index is -4.42. The van der Waals surface area contributed by atoms with Gasteiger partial charge in [-0.15, -0.1) is 5.10 Å². The Labute approximate surface area is 124 Å². The van der Waals surface area contributed by atoms with Gasteiger partial charge < -0.3 is 16.0 Å². The summed E-state index contributed by atoms with van der Waals surface area (Å²) < 4.78 is 40.8. The Bertz CT molecular complexity index is 724. The van der Waals surface area contributed by atoms with Gasteiger partial charge in [-0.25, -0.2) is 0 Å². The smallest absolute Gasteiger partial charge is 0.369 e. The average molecular weight is 309 g/mol. The van der Waals surface area contributed by atoms with E-state index in [0.29, 0.717) is 11.4 Å². The molecule has 0 bridgehead atoms. The standard InChI is InChI=1S/C14H14F3N5/c1-22-9(8-20-21-13(18)19)6-7-12(22)10-4-2-3-5-11(10)14(15,16)17/h2-8H,1H3,(H4,18,19,21)/b20-8+. The first-order valence-corrected chi connectivity index (χ1v) is 6.25. The van der Waals surface area contributed by atoms with Crippen molar-refractivity contribution < 1.29 is 13.2 Å². The second kappa shape index (κ2) is 5.92. The number of alkyl halides is 3. The van der Waals surface area contributed by atoms with Crippen molar-refractivity contribution in [1.82, 2.24) is 4.57 Å². The van der Waals surface area contributed by atoms with Crippen LogP contribution in [0.4, 0.5) is 13.2 Å². The van der Waals surface area contributed by atoms with Crippen molar-refractivity contribution in [3.8, 4) is 11.3 Å². The van der Waals surface area contributed by atoms with Gasteiger partial charge in [0.25, 0.3) is 0 Å². The lowest BCUT2D eigenvalue weighted by Gasteiger charge is -2.13. The second-order valence-corrected chi connectivity index (χ2v) is 4.52. The molecule has 0 saturated carbocycles. The minimum absolute atomic E-state index is 0.0963. The molecule has 0 aliphatic rings. The van der Waals surface area contributed by atoms with Crippen molar-refractivity contribution in [2.45, 2.75) is 6.18 Å². The molecular weight excluding hydrogens is 295 g/mol. The molecule has 1 aromatic carbocycles. The number of hydrogen-bond donors (Lipinski definition) is 2. The van der Waals surface area contributed by atoms with Gasteiger partial charge in [-0.05, 0) is 18.2 Å². The largest absolute Gasteiger partial charge is 0.417 e. The van der Waals surface area contributed by atoms with Gasteiger partial charge in [0.2, 0.25) is 5.96 Å². The lowest BCUT2D eigenvalue weighted by Crippen LogP contribution is -2.21. The minimum Gasteiger partial charge on any atom is -0.369 e. The van der Waals surface area contributed by atoms with E-state index in [1.54, 1.807) is 29.8 Å². The number of nitrogens with zero attached hydrogens (tertiary/aromatic N) is 3. The van der Waals surface area contributed by atoms with Gasteiger partial charge in [-0.2, -0.15) is 18.3 Å². The van der Waals surface area contributed by atoms with E-state index in [0.717, 1.165) is 6.07 Å². The molecule has 0 spiro atoms. The van der Waals surface area contributed by atoms with E-state index in [-0.39, 0.29) is 11.5 Å². The maximum Gasteiger partial charge on any atom is 0.417 e. The van der Waals surface area contributed by atoms with E-state index in [1.807, 2.05) is 0 Å². The van der Waals surface area contributed by atoms with Gasteiger partial charge in [0, 0.05) is 18.3 Å². The van der Waals surface area contributed by atoms with Crippen molar-refractivity contribution in [2.75, 3.05) is 0 Å². The van der Waals surface area contributed by atoms with Crippen molar-refractivity contribution >= 4 is 12.2 Å². The van der Waals surface area contributed by atoms with Crippen LogP contribution in [-0.2, 0) is 13.2 Å². The molecule has 0 fully saturated rings. The third-order valence-electron chi connectivity index (χ3n) is 3.03. The van der Waals surface area contributed by atoms with Gasteiger partial charge in [-0.3, -0.25) is 0 Å². The zero-order chi connectivity index (χ0) is 16.3. The van der Waals surface area contributed by atoms with E-state index in [9.17, 15) is 13.2 Å². The normalized spacial score (nSPS) is 11.8. The van der Waals surface area contributed by atoms with Crippen molar-refractivity contribution in [2.24, 2.45) is 28.7 Å². The zero-order valence-corrected chi connectivity index (χ0v) is 11.7. The van der Waals surface area contributed by atoms with Gasteiger partial charge in [-0.1, -0.05) is 18.2 Å². The molecule has 0 aliphatic carbocycles. The average Bonchev–Trinajstić information content (AvgIpc) is 2.79. The van der Waals surface area contributed by atoms with Crippen LogP contribution in [0.3, 0.4) is 0 Å². The fourth-order valence-electron chi connectivity index (χ4n) is 2.04. The topological polar surface area (TPSA) is 81.7 Å². The summed E-state index contributed by atoms with van der Waals surface area (Å²) in [5.74, 6) is -0.201. The Morgan fingerprint density at radius 3 is 2.45 bits per heavy atom. The Morgan fingerprint density at radius 1 is 1.14 bits per heavy atom. The number of halogens is 3. The van der Waals surface area contributed by atoms with E-state index >= 15 is 0 Å². The highest BCUT2D eigenvalue weighted by Gasteiger charge is 2.33. The first kappa shape index (κ1) is 15.6. The Morgan fingerprint density at radius 2 is 1.82 bits per heavy atom. The number of aromatic nitrogens is 1. The molecule has 1 aromatic heterocycles. The highest BCUT2D eigenvalue weighted by molar-refractivity contribution is 5.82. The Balaban J connectivity index is 2.46. The van der Waals surface area contributed by atoms with Crippen molar-refractivity contribution in [3.63, 3.8) is 0 Å². The molecule has 0 radical (unpaired) electrons. The number of benzene rings is 1. The van der Waals surface area contributed by atoms with Gasteiger partial charge >= 0.3 is 6.18 Å². The molecule has 116 valence electrons. The molecule has 8 heteroatoms. The predicted octanol–water partition coefficient (Wildman–Crippen LogP) is 2.32. The zero-order valence-electron chi connectivity index (χ0n) is 11.7. The van der Waals surface area contributed by atoms with Gasteiger partial charge in [0.05, 0.1) is 17.5 Å². The lowest BCUT2D eigenvalue weighted by molar-refractivity contribution is -0.137. The van der Waals surface area contributed by atoms with Crippen LogP contribution in [0.1, 0.15) is 11.3 Å². The highest BCUT2D eigenvalue weighted by atomic mass is 19.4. The maximum absolute atomic E-state index is 13.1. The van der Waals surface area contributed by atoms with E-state index in [1.165, 1.54) is 18.3 Å². The third kappa shape index (κ3) is 3.27. The SMILES string of the molecule is Cn1c(/C=N/N=C(N)N)ccc1-c1ccccc1C(F)(F)F. The van der Waals surface area contributed by atoms with Crippen LogP contribution in [0, 0.1) is 0 Å². The lowest BCUT2D eigenvalue weighted by atomic mass is 10.0. The maximum atomic E-state index is 13.1. The Hall–Kier alpha value is -2.77. The van der Waals surface area contributed by atoms with Crippen LogP contribution in [0.2, 0.25) is 0 Å². The monoisotopic (exact) mass is 309 g/mol. The molecule has 0 aliphatic heterocycles.